The Morgan fingerprint density at radius 1 is 1.24 bits per heavy atom. The predicted molar refractivity (Wildman–Crippen MR) is 78.4 cm³/mol. The maximum absolute atomic E-state index is 12.1. The fraction of sp³-hybridized carbons (Fsp3) is 0.214. The molecule has 0 saturated carbocycles. The van der Waals surface area contributed by atoms with Crippen molar-refractivity contribution in [1.29, 1.82) is 0 Å². The van der Waals surface area contributed by atoms with E-state index in [0.717, 1.165) is 11.1 Å². The minimum Gasteiger partial charge on any atom is -0.384 e. The highest BCUT2D eigenvalue weighted by atomic mass is 16.2. The molecule has 2 heterocycles. The van der Waals surface area contributed by atoms with Crippen molar-refractivity contribution in [2.75, 3.05) is 30.8 Å². The van der Waals surface area contributed by atoms with Crippen LogP contribution in [0.15, 0.2) is 30.5 Å². The summed E-state index contributed by atoms with van der Waals surface area (Å²) in [7, 11) is 1.63. The van der Waals surface area contributed by atoms with Gasteiger partial charge >= 0.3 is 11.8 Å². The van der Waals surface area contributed by atoms with E-state index >= 15 is 0 Å². The Hall–Kier alpha value is -2.83. The predicted octanol–water partition coefficient (Wildman–Crippen LogP) is 0.464. The Bertz CT molecular complexity index is 709. The highest BCUT2D eigenvalue weighted by Gasteiger charge is 2.31. The number of carbonyl (C=O) groups excluding carboxylic acids is 2. The number of benzene rings is 1. The van der Waals surface area contributed by atoms with Gasteiger partial charge < -0.3 is 15.5 Å². The van der Waals surface area contributed by atoms with Crippen molar-refractivity contribution in [3.8, 4) is 11.1 Å². The van der Waals surface area contributed by atoms with E-state index in [1.807, 2.05) is 18.2 Å². The first-order chi connectivity index (χ1) is 10.1. The van der Waals surface area contributed by atoms with Gasteiger partial charge in [-0.3, -0.25) is 14.7 Å². The van der Waals surface area contributed by atoms with Crippen molar-refractivity contribution in [3.63, 3.8) is 0 Å². The summed E-state index contributed by atoms with van der Waals surface area (Å²) in [5.41, 5.74) is 8.10. The molecule has 1 aromatic carbocycles. The van der Waals surface area contributed by atoms with Crippen LogP contribution >= 0.6 is 0 Å². The van der Waals surface area contributed by atoms with Gasteiger partial charge in [0.1, 0.15) is 5.82 Å². The van der Waals surface area contributed by atoms with Crippen LogP contribution in [-0.4, -0.2) is 47.0 Å². The molecule has 0 bridgehead atoms. The van der Waals surface area contributed by atoms with Gasteiger partial charge in [-0.25, -0.2) is 0 Å². The van der Waals surface area contributed by atoms with E-state index in [-0.39, 0.29) is 0 Å². The monoisotopic (exact) mass is 285 g/mol. The number of nitrogens with two attached hydrogens (primary N) is 1. The summed E-state index contributed by atoms with van der Waals surface area (Å²) < 4.78 is 0. The molecule has 2 aromatic rings. The van der Waals surface area contributed by atoms with Crippen LogP contribution in [0.3, 0.4) is 0 Å². The number of H-pyrrole nitrogens is 1. The topological polar surface area (TPSA) is 95.3 Å². The third-order valence-electron chi connectivity index (χ3n) is 3.57. The van der Waals surface area contributed by atoms with Gasteiger partial charge in [-0.15, -0.1) is 0 Å². The lowest BCUT2D eigenvalue weighted by molar-refractivity contribution is -0.145. The van der Waals surface area contributed by atoms with Crippen molar-refractivity contribution < 1.29 is 9.59 Å². The second-order valence-corrected chi connectivity index (χ2v) is 4.93. The number of carbonyl (C=O) groups is 2. The standard InChI is InChI=1S/C14H15N5O2/c1-18-5-6-19(14(21)13(18)20)10-4-2-3-9(7-10)11-8-16-17-12(11)15/h2-4,7-8H,5-6H2,1H3,(H3,15,16,17). The lowest BCUT2D eigenvalue weighted by Gasteiger charge is -2.31. The van der Waals surface area contributed by atoms with Crippen molar-refractivity contribution in [3.05, 3.63) is 30.5 Å². The molecule has 0 aliphatic carbocycles. The first-order valence-electron chi connectivity index (χ1n) is 6.54. The van der Waals surface area contributed by atoms with Gasteiger partial charge in [0.25, 0.3) is 0 Å². The minimum atomic E-state index is -0.513. The van der Waals surface area contributed by atoms with Gasteiger partial charge in [0.15, 0.2) is 0 Å². The van der Waals surface area contributed by atoms with E-state index in [2.05, 4.69) is 10.2 Å². The average molecular weight is 285 g/mol. The van der Waals surface area contributed by atoms with E-state index in [0.29, 0.717) is 24.6 Å². The maximum Gasteiger partial charge on any atom is 0.316 e. The number of likely N-dealkylation sites (N-methyl/N-ethyl adjacent to an activating group) is 1. The molecule has 1 aliphatic rings. The number of aromatic amines is 1. The summed E-state index contributed by atoms with van der Waals surface area (Å²) in [6, 6.07) is 7.34. The van der Waals surface area contributed by atoms with Crippen molar-refractivity contribution >= 4 is 23.3 Å². The Labute approximate surface area is 121 Å². The molecule has 1 aromatic heterocycles. The van der Waals surface area contributed by atoms with Gasteiger partial charge in [-0.1, -0.05) is 12.1 Å². The molecule has 1 fully saturated rings. The first kappa shape index (κ1) is 13.2. The SMILES string of the molecule is CN1CCN(c2cccc(-c3cn[nH]c3N)c2)C(=O)C1=O. The number of rotatable bonds is 2. The molecule has 21 heavy (non-hydrogen) atoms. The van der Waals surface area contributed by atoms with Gasteiger partial charge in [0, 0.05) is 31.4 Å². The molecule has 7 nitrogen and oxygen atoms in total. The van der Waals surface area contributed by atoms with Crippen LogP contribution in [-0.2, 0) is 9.59 Å². The number of aromatic nitrogens is 2. The Morgan fingerprint density at radius 2 is 2.05 bits per heavy atom. The molecule has 1 saturated heterocycles. The summed E-state index contributed by atoms with van der Waals surface area (Å²) in [5, 5.41) is 6.56. The fourth-order valence-corrected chi connectivity index (χ4v) is 2.35. The number of nitrogen functional groups attached to an aromatic ring is 1. The highest BCUT2D eigenvalue weighted by molar-refractivity contribution is 6.40. The second-order valence-electron chi connectivity index (χ2n) is 4.93. The average Bonchev–Trinajstić information content (AvgIpc) is 2.91. The van der Waals surface area contributed by atoms with Crippen molar-refractivity contribution in [1.82, 2.24) is 15.1 Å². The van der Waals surface area contributed by atoms with E-state index < -0.39 is 11.8 Å². The number of piperazine rings is 1. The fourth-order valence-electron chi connectivity index (χ4n) is 2.35. The van der Waals surface area contributed by atoms with E-state index in [4.69, 9.17) is 5.73 Å². The van der Waals surface area contributed by atoms with Gasteiger partial charge in [-0.2, -0.15) is 5.10 Å². The zero-order chi connectivity index (χ0) is 15.0. The van der Waals surface area contributed by atoms with Crippen LogP contribution in [0.25, 0.3) is 11.1 Å². The Kier molecular flexibility index (Phi) is 3.09. The highest BCUT2D eigenvalue weighted by Crippen LogP contribution is 2.28. The quantitative estimate of drug-likeness (QED) is 0.784. The molecule has 0 atom stereocenters. The van der Waals surface area contributed by atoms with Crippen LogP contribution in [0, 0.1) is 0 Å². The molecular weight excluding hydrogens is 270 g/mol. The second kappa shape index (κ2) is 4.93. The molecule has 0 spiro atoms. The molecule has 3 N–H and O–H groups in total. The van der Waals surface area contributed by atoms with Crippen LogP contribution in [0.4, 0.5) is 11.5 Å². The van der Waals surface area contributed by atoms with E-state index in [1.165, 1.54) is 9.80 Å². The number of nitrogens with one attached hydrogen (secondary N) is 1. The third-order valence-corrected chi connectivity index (χ3v) is 3.57. The Morgan fingerprint density at radius 3 is 2.76 bits per heavy atom. The van der Waals surface area contributed by atoms with Crippen LogP contribution in [0.2, 0.25) is 0 Å². The third kappa shape index (κ3) is 2.22. The molecular formula is C14H15N5O2. The maximum atomic E-state index is 12.1. The molecule has 1 aliphatic heterocycles. The minimum absolute atomic E-state index is 0.466. The number of hydrogen-bond donors (Lipinski definition) is 2. The molecule has 108 valence electrons. The lowest BCUT2D eigenvalue weighted by atomic mass is 10.1. The zero-order valence-electron chi connectivity index (χ0n) is 11.5. The summed E-state index contributed by atoms with van der Waals surface area (Å²) >= 11 is 0. The van der Waals surface area contributed by atoms with Crippen LogP contribution < -0.4 is 10.6 Å². The Balaban J connectivity index is 1.95. The van der Waals surface area contributed by atoms with Gasteiger partial charge in [-0.05, 0) is 17.7 Å². The van der Waals surface area contributed by atoms with Crippen molar-refractivity contribution in [2.24, 2.45) is 0 Å². The summed E-state index contributed by atoms with van der Waals surface area (Å²) in [6.07, 6.45) is 1.63. The molecule has 0 radical (unpaired) electrons. The lowest BCUT2D eigenvalue weighted by Crippen LogP contribution is -2.53. The smallest absolute Gasteiger partial charge is 0.316 e. The summed E-state index contributed by atoms with van der Waals surface area (Å²) in [6.45, 7) is 0.994. The van der Waals surface area contributed by atoms with Gasteiger partial charge in [0.05, 0.1) is 6.20 Å². The van der Waals surface area contributed by atoms with Gasteiger partial charge in [0.2, 0.25) is 0 Å². The van der Waals surface area contributed by atoms with Crippen molar-refractivity contribution in [2.45, 2.75) is 0 Å². The number of anilines is 2. The number of nitrogens with zero attached hydrogens (tertiary/aromatic N) is 3. The van der Waals surface area contributed by atoms with Crippen LogP contribution in [0.5, 0.6) is 0 Å². The molecule has 7 heteroatoms. The van der Waals surface area contributed by atoms with Crippen LogP contribution in [0.1, 0.15) is 0 Å². The largest absolute Gasteiger partial charge is 0.384 e. The summed E-state index contributed by atoms with van der Waals surface area (Å²) in [5.74, 6) is -0.538. The number of hydrogen-bond acceptors (Lipinski definition) is 4. The summed E-state index contributed by atoms with van der Waals surface area (Å²) in [4.78, 5) is 26.8. The zero-order valence-corrected chi connectivity index (χ0v) is 11.5. The molecule has 0 unspecified atom stereocenters. The van der Waals surface area contributed by atoms with E-state index in [1.54, 1.807) is 19.3 Å². The normalized spacial score (nSPS) is 15.7. The first-order valence-corrected chi connectivity index (χ1v) is 6.54. The molecule has 2 amide bonds. The number of amides is 2. The molecule has 3 rings (SSSR count). The van der Waals surface area contributed by atoms with E-state index in [9.17, 15) is 9.59 Å².